The number of benzene rings is 3. The smallest absolute Gasteiger partial charge is 0.335 e. The van der Waals surface area contributed by atoms with Crippen LogP contribution in [-0.4, -0.2) is 52.5 Å². The van der Waals surface area contributed by atoms with Crippen molar-refractivity contribution in [3.8, 4) is 17.1 Å². The van der Waals surface area contributed by atoms with Gasteiger partial charge in [0.25, 0.3) is 0 Å². The second-order valence-electron chi connectivity index (χ2n) is 10.7. The number of carboxylic acids is 1. The molecule has 6 rings (SSSR count). The molecule has 9 heteroatoms. The second kappa shape index (κ2) is 11.1. The predicted octanol–water partition coefficient (Wildman–Crippen LogP) is 6.14. The number of aromatic nitrogens is 2. The number of carbonyl (C=O) groups is 1. The van der Waals surface area contributed by atoms with Gasteiger partial charge in [-0.15, -0.1) is 0 Å². The number of hydrogen-bond acceptors (Lipinski definition) is 5. The number of fused-ring (bicyclic) bond motifs is 1. The van der Waals surface area contributed by atoms with Crippen LogP contribution in [0.4, 0.5) is 0 Å². The summed E-state index contributed by atoms with van der Waals surface area (Å²) in [5, 5.41) is 9.48. The Bertz CT molecular complexity index is 1610. The first-order valence-corrected chi connectivity index (χ1v) is 15.4. The van der Waals surface area contributed by atoms with Crippen LogP contribution >= 0.6 is 0 Å². The van der Waals surface area contributed by atoms with E-state index in [4.69, 9.17) is 9.72 Å². The number of ether oxygens (including phenoxy) is 1. The topological polar surface area (TPSA) is 102 Å². The third kappa shape index (κ3) is 5.11. The van der Waals surface area contributed by atoms with Gasteiger partial charge in [-0.2, -0.15) is 4.31 Å². The first-order chi connectivity index (χ1) is 19.4. The van der Waals surface area contributed by atoms with Crippen molar-refractivity contribution in [2.75, 3.05) is 13.2 Å². The molecule has 1 saturated carbocycles. The van der Waals surface area contributed by atoms with E-state index in [1.54, 1.807) is 40.7 Å². The number of aromatic carboxylic acids is 1. The van der Waals surface area contributed by atoms with Gasteiger partial charge in [-0.1, -0.05) is 37.5 Å². The van der Waals surface area contributed by atoms with Crippen LogP contribution < -0.4 is 4.74 Å². The van der Waals surface area contributed by atoms with Gasteiger partial charge in [0, 0.05) is 18.2 Å². The average Bonchev–Trinajstić information content (AvgIpc) is 3.62. The van der Waals surface area contributed by atoms with Crippen LogP contribution in [-0.2, 0) is 10.0 Å². The molecule has 40 heavy (non-hydrogen) atoms. The zero-order valence-corrected chi connectivity index (χ0v) is 23.1. The van der Waals surface area contributed by atoms with E-state index in [1.807, 2.05) is 36.4 Å². The van der Waals surface area contributed by atoms with Gasteiger partial charge >= 0.3 is 5.97 Å². The Balaban J connectivity index is 1.23. The zero-order chi connectivity index (χ0) is 27.7. The normalized spacial score (nSPS) is 18.8. The molecule has 1 saturated heterocycles. The van der Waals surface area contributed by atoms with Crippen LogP contribution in [0.2, 0.25) is 0 Å². The van der Waals surface area contributed by atoms with E-state index in [9.17, 15) is 18.3 Å². The lowest BCUT2D eigenvalue weighted by Gasteiger charge is -2.26. The van der Waals surface area contributed by atoms with Crippen molar-refractivity contribution in [1.29, 1.82) is 0 Å². The van der Waals surface area contributed by atoms with Crippen molar-refractivity contribution in [2.45, 2.75) is 61.9 Å². The maximum Gasteiger partial charge on any atom is 0.335 e. The SMILES string of the molecule is O=C(O)c1ccc2c(c1)nc(-c1ccc(OC[C@H]3CCCN3S(=O)(=O)c3ccccc3)cc1)n2C1CCCCC1. The standard InChI is InChI=1S/C31H33N3O5S/c35-31(36)23-15-18-29-28(20-23)32-30(34(29)24-8-3-1-4-9-24)22-13-16-26(17-14-22)39-21-25-10-7-19-33(25)40(37,38)27-11-5-2-6-12-27/h2,5-6,11-18,20,24-25H,1,3-4,7-10,19,21H2,(H,35,36)/t25-/m1/s1. The molecule has 1 aliphatic heterocycles. The summed E-state index contributed by atoms with van der Waals surface area (Å²) in [6.45, 7) is 0.773. The third-order valence-electron chi connectivity index (χ3n) is 8.10. The third-order valence-corrected chi connectivity index (χ3v) is 10.1. The fraction of sp³-hybridized carbons (Fsp3) is 0.355. The van der Waals surface area contributed by atoms with E-state index >= 15 is 0 Å². The molecule has 4 aromatic rings. The Kier molecular flexibility index (Phi) is 7.33. The molecule has 0 amide bonds. The van der Waals surface area contributed by atoms with Crippen LogP contribution in [0.5, 0.6) is 5.75 Å². The lowest BCUT2D eigenvalue weighted by atomic mass is 9.95. The van der Waals surface area contributed by atoms with Gasteiger partial charge in [-0.05, 0) is 80.3 Å². The van der Waals surface area contributed by atoms with Gasteiger partial charge in [-0.25, -0.2) is 18.2 Å². The summed E-state index contributed by atoms with van der Waals surface area (Å²) in [6, 6.07) is 21.6. The quantitative estimate of drug-likeness (QED) is 0.278. The molecule has 2 aliphatic rings. The van der Waals surface area contributed by atoms with Crippen LogP contribution in [0.1, 0.15) is 61.3 Å². The van der Waals surface area contributed by atoms with Crippen molar-refractivity contribution in [1.82, 2.24) is 13.9 Å². The maximum atomic E-state index is 13.2. The number of nitrogens with zero attached hydrogens (tertiary/aromatic N) is 3. The molecule has 3 aromatic carbocycles. The molecular weight excluding hydrogens is 526 g/mol. The monoisotopic (exact) mass is 559 g/mol. The lowest BCUT2D eigenvalue weighted by Crippen LogP contribution is -2.39. The molecule has 208 valence electrons. The summed E-state index contributed by atoms with van der Waals surface area (Å²) in [6.07, 6.45) is 7.28. The predicted molar refractivity (Wildman–Crippen MR) is 153 cm³/mol. The minimum atomic E-state index is -3.57. The van der Waals surface area contributed by atoms with Crippen LogP contribution in [0, 0.1) is 0 Å². The highest BCUT2D eigenvalue weighted by molar-refractivity contribution is 7.89. The number of hydrogen-bond donors (Lipinski definition) is 1. The number of carboxylic acid groups (broad SMARTS) is 1. The van der Waals surface area contributed by atoms with E-state index in [0.29, 0.717) is 28.7 Å². The van der Waals surface area contributed by atoms with E-state index in [0.717, 1.165) is 42.6 Å². The molecule has 1 aliphatic carbocycles. The highest BCUT2D eigenvalue weighted by Gasteiger charge is 2.35. The number of imidazole rings is 1. The molecule has 1 atom stereocenters. The molecular formula is C31H33N3O5S. The number of sulfonamides is 1. The Morgan fingerprint density at radius 3 is 2.40 bits per heavy atom. The first kappa shape index (κ1) is 26.5. The Morgan fingerprint density at radius 1 is 0.925 bits per heavy atom. The van der Waals surface area contributed by atoms with Gasteiger partial charge in [0.15, 0.2) is 0 Å². The van der Waals surface area contributed by atoms with Crippen molar-refractivity contribution < 1.29 is 23.1 Å². The molecule has 8 nitrogen and oxygen atoms in total. The molecule has 0 unspecified atom stereocenters. The summed E-state index contributed by atoms with van der Waals surface area (Å²) >= 11 is 0. The minimum absolute atomic E-state index is 0.219. The highest BCUT2D eigenvalue weighted by Crippen LogP contribution is 2.36. The Hall–Kier alpha value is -3.69. The fourth-order valence-electron chi connectivity index (χ4n) is 6.06. The van der Waals surface area contributed by atoms with Gasteiger partial charge < -0.3 is 14.4 Å². The van der Waals surface area contributed by atoms with Crippen molar-refractivity contribution in [3.05, 3.63) is 78.4 Å². The van der Waals surface area contributed by atoms with Crippen molar-refractivity contribution in [2.24, 2.45) is 0 Å². The van der Waals surface area contributed by atoms with Gasteiger partial charge in [0.1, 0.15) is 18.2 Å². The summed E-state index contributed by atoms with van der Waals surface area (Å²) in [5.41, 5.74) is 2.79. The van der Waals surface area contributed by atoms with Gasteiger partial charge in [0.05, 0.1) is 27.5 Å². The summed E-state index contributed by atoms with van der Waals surface area (Å²) < 4.78 is 36.3. The molecule has 1 aromatic heterocycles. The van der Waals surface area contributed by atoms with Crippen molar-refractivity contribution in [3.63, 3.8) is 0 Å². The van der Waals surface area contributed by atoms with Crippen LogP contribution in [0.15, 0.2) is 77.7 Å². The van der Waals surface area contributed by atoms with Gasteiger partial charge in [0.2, 0.25) is 10.0 Å². The summed E-state index contributed by atoms with van der Waals surface area (Å²) in [4.78, 5) is 16.8. The largest absolute Gasteiger partial charge is 0.492 e. The van der Waals surface area contributed by atoms with E-state index in [2.05, 4.69) is 4.57 Å². The lowest BCUT2D eigenvalue weighted by molar-refractivity contribution is 0.0697. The molecule has 0 spiro atoms. The van der Waals surface area contributed by atoms with E-state index < -0.39 is 16.0 Å². The molecule has 0 radical (unpaired) electrons. The highest BCUT2D eigenvalue weighted by atomic mass is 32.2. The van der Waals surface area contributed by atoms with Crippen LogP contribution in [0.25, 0.3) is 22.4 Å². The summed E-state index contributed by atoms with van der Waals surface area (Å²) in [7, 11) is -3.57. The van der Waals surface area contributed by atoms with Gasteiger partial charge in [-0.3, -0.25) is 0 Å². The Labute approximate surface area is 234 Å². The summed E-state index contributed by atoms with van der Waals surface area (Å²) in [5.74, 6) is 0.530. The van der Waals surface area contributed by atoms with E-state index in [1.165, 1.54) is 19.3 Å². The van der Waals surface area contributed by atoms with E-state index in [-0.39, 0.29) is 18.2 Å². The Morgan fingerprint density at radius 2 is 1.68 bits per heavy atom. The molecule has 2 heterocycles. The number of rotatable bonds is 8. The first-order valence-electron chi connectivity index (χ1n) is 14.0. The van der Waals surface area contributed by atoms with Crippen LogP contribution in [0.3, 0.4) is 0 Å². The molecule has 2 fully saturated rings. The minimum Gasteiger partial charge on any atom is -0.492 e. The molecule has 0 bridgehead atoms. The fourth-order valence-corrected chi connectivity index (χ4v) is 7.76. The van der Waals surface area contributed by atoms with Crippen molar-refractivity contribution >= 4 is 27.0 Å². The second-order valence-corrected chi connectivity index (χ2v) is 12.6. The maximum absolute atomic E-state index is 13.2. The molecule has 1 N–H and O–H groups in total. The average molecular weight is 560 g/mol. The zero-order valence-electron chi connectivity index (χ0n) is 22.3.